The minimum absolute atomic E-state index is 0.185. The first kappa shape index (κ1) is 20.7. The van der Waals surface area contributed by atoms with Crippen molar-refractivity contribution in [2.45, 2.75) is 24.2 Å². The van der Waals surface area contributed by atoms with E-state index < -0.39 is 10.0 Å². The maximum Gasteiger partial charge on any atom is 0.264 e. The summed E-state index contributed by atoms with van der Waals surface area (Å²) in [5, 5.41) is 3.26. The minimum atomic E-state index is -3.65. The molecule has 0 bridgehead atoms. The first-order valence-corrected chi connectivity index (χ1v) is 12.5. The molecule has 2 heterocycles. The third kappa shape index (κ3) is 3.67. The van der Waals surface area contributed by atoms with E-state index in [9.17, 15) is 13.2 Å². The third-order valence-electron chi connectivity index (χ3n) is 5.64. The number of nitrogens with one attached hydrogen (secondary N) is 1. The normalized spacial score (nSPS) is 15.8. The molecular weight excluding hydrogens is 446 g/mol. The molecule has 2 aliphatic rings. The Morgan fingerprint density at radius 1 is 1.16 bits per heavy atom. The number of thiazole rings is 1. The molecule has 32 heavy (non-hydrogen) atoms. The summed E-state index contributed by atoms with van der Waals surface area (Å²) in [6, 6.07) is 11.6. The smallest absolute Gasteiger partial charge is 0.264 e. The number of methoxy groups -OCH3 is 1. The summed E-state index contributed by atoms with van der Waals surface area (Å²) < 4.78 is 34.0. The number of rotatable bonds is 5. The highest BCUT2D eigenvalue weighted by Gasteiger charge is 2.32. The summed E-state index contributed by atoms with van der Waals surface area (Å²) in [5.41, 5.74) is 3.12. The van der Waals surface area contributed by atoms with Crippen molar-refractivity contribution in [3.05, 3.63) is 71.5 Å². The van der Waals surface area contributed by atoms with Crippen LogP contribution in [0.15, 0.2) is 70.8 Å². The van der Waals surface area contributed by atoms with Gasteiger partial charge in [0.1, 0.15) is 5.75 Å². The molecule has 0 fully saturated rings. The van der Waals surface area contributed by atoms with E-state index in [-0.39, 0.29) is 10.8 Å². The monoisotopic (exact) mass is 467 g/mol. The summed E-state index contributed by atoms with van der Waals surface area (Å²) in [4.78, 5) is 17.3. The van der Waals surface area contributed by atoms with Gasteiger partial charge in [0.05, 0.1) is 22.2 Å². The Bertz CT molecular complexity index is 1370. The highest BCUT2D eigenvalue weighted by molar-refractivity contribution is 7.89. The van der Waals surface area contributed by atoms with Crippen molar-refractivity contribution in [3.63, 3.8) is 0 Å². The van der Waals surface area contributed by atoms with E-state index in [0.29, 0.717) is 17.2 Å². The van der Waals surface area contributed by atoms with Gasteiger partial charge in [0, 0.05) is 17.8 Å². The third-order valence-corrected chi connectivity index (χ3v) is 8.43. The van der Waals surface area contributed by atoms with Gasteiger partial charge >= 0.3 is 0 Å². The number of hydrogen-bond donors (Lipinski definition) is 1. The van der Waals surface area contributed by atoms with E-state index in [0.717, 1.165) is 46.5 Å². The zero-order valence-corrected chi connectivity index (χ0v) is 19.0. The molecule has 0 saturated carbocycles. The number of allylic oxidation sites excluding steroid dienone is 3. The van der Waals surface area contributed by atoms with Crippen LogP contribution in [0.3, 0.4) is 0 Å². The van der Waals surface area contributed by atoms with Crippen LogP contribution in [0.2, 0.25) is 0 Å². The Morgan fingerprint density at radius 3 is 2.75 bits per heavy atom. The quantitative estimate of drug-likeness (QED) is 0.594. The standard InChI is InChI=1S/C23H21N3O4S2/c1-30-17-8-11-19-21(14-17)31-23(24-19)25-22(27)16-6-9-18(10-7-16)32(28,29)26-13-12-15-4-2-3-5-20(15)26/h2,4,6-11,14H,3,5,12-13H2,1H3,(H,24,25,27). The van der Waals surface area contributed by atoms with Crippen molar-refractivity contribution in [3.8, 4) is 5.75 Å². The molecule has 1 aliphatic carbocycles. The van der Waals surface area contributed by atoms with Crippen molar-refractivity contribution >= 4 is 42.6 Å². The number of benzene rings is 2. The average molecular weight is 468 g/mol. The van der Waals surface area contributed by atoms with Crippen LogP contribution in [0.1, 0.15) is 29.6 Å². The van der Waals surface area contributed by atoms with Gasteiger partial charge in [-0.25, -0.2) is 13.4 Å². The van der Waals surface area contributed by atoms with Crippen LogP contribution in [0.25, 0.3) is 10.2 Å². The van der Waals surface area contributed by atoms with Gasteiger partial charge in [-0.3, -0.25) is 14.4 Å². The molecule has 164 valence electrons. The molecule has 1 aromatic heterocycles. The molecule has 1 N–H and O–H groups in total. The molecule has 2 aromatic carbocycles. The number of carbonyl (C=O) groups excluding carboxylic acids is 1. The van der Waals surface area contributed by atoms with Crippen molar-refractivity contribution in [2.24, 2.45) is 0 Å². The topological polar surface area (TPSA) is 88.6 Å². The second-order valence-electron chi connectivity index (χ2n) is 7.57. The number of amides is 1. The molecule has 3 aromatic rings. The number of anilines is 1. The molecule has 0 saturated heterocycles. The molecule has 1 amide bonds. The number of sulfonamides is 1. The van der Waals surface area contributed by atoms with E-state index in [1.807, 2.05) is 24.3 Å². The highest BCUT2D eigenvalue weighted by atomic mass is 32.2. The zero-order chi connectivity index (χ0) is 22.3. The Kier molecular flexibility index (Phi) is 5.22. The van der Waals surface area contributed by atoms with Gasteiger partial charge in [-0.1, -0.05) is 23.5 Å². The fourth-order valence-electron chi connectivity index (χ4n) is 4.00. The fourth-order valence-corrected chi connectivity index (χ4v) is 6.45. The molecular formula is C23H21N3O4S2. The van der Waals surface area contributed by atoms with Crippen molar-refractivity contribution in [1.82, 2.24) is 9.29 Å². The van der Waals surface area contributed by atoms with E-state index in [1.165, 1.54) is 39.9 Å². The first-order valence-electron chi connectivity index (χ1n) is 10.2. The van der Waals surface area contributed by atoms with Crippen LogP contribution >= 0.6 is 11.3 Å². The number of aromatic nitrogens is 1. The van der Waals surface area contributed by atoms with Gasteiger partial charge < -0.3 is 4.74 Å². The average Bonchev–Trinajstić information content (AvgIpc) is 3.42. The van der Waals surface area contributed by atoms with Crippen LogP contribution < -0.4 is 10.1 Å². The molecule has 0 unspecified atom stereocenters. The van der Waals surface area contributed by atoms with E-state index in [4.69, 9.17) is 4.74 Å². The van der Waals surface area contributed by atoms with Crippen LogP contribution in [0.5, 0.6) is 5.75 Å². The predicted molar refractivity (Wildman–Crippen MR) is 124 cm³/mol. The zero-order valence-electron chi connectivity index (χ0n) is 17.4. The van der Waals surface area contributed by atoms with Crippen LogP contribution in [-0.4, -0.2) is 37.3 Å². The number of fused-ring (bicyclic) bond motifs is 1. The Labute approximate surface area is 190 Å². The molecule has 0 radical (unpaired) electrons. The van der Waals surface area contributed by atoms with Gasteiger partial charge in [-0.05, 0) is 67.3 Å². The fraction of sp³-hybridized carbons (Fsp3) is 0.217. The van der Waals surface area contributed by atoms with Crippen molar-refractivity contribution in [2.75, 3.05) is 19.0 Å². The lowest BCUT2D eigenvalue weighted by Crippen LogP contribution is -2.28. The van der Waals surface area contributed by atoms with Crippen LogP contribution in [0.4, 0.5) is 5.13 Å². The maximum absolute atomic E-state index is 13.2. The maximum atomic E-state index is 13.2. The SMILES string of the molecule is COc1ccc2nc(NC(=O)c3ccc(S(=O)(=O)N4CCC5=C4CCC=C5)cc3)sc2c1. The number of nitrogens with zero attached hydrogens (tertiary/aromatic N) is 2. The molecule has 9 heteroatoms. The highest BCUT2D eigenvalue weighted by Crippen LogP contribution is 2.35. The van der Waals surface area contributed by atoms with Gasteiger partial charge in [-0.2, -0.15) is 0 Å². The van der Waals surface area contributed by atoms with Crippen molar-refractivity contribution < 1.29 is 17.9 Å². The van der Waals surface area contributed by atoms with Gasteiger partial charge in [0.15, 0.2) is 5.13 Å². The lowest BCUT2D eigenvalue weighted by molar-refractivity contribution is 0.102. The lowest BCUT2D eigenvalue weighted by atomic mass is 10.0. The van der Waals surface area contributed by atoms with Crippen LogP contribution in [-0.2, 0) is 10.0 Å². The van der Waals surface area contributed by atoms with E-state index in [2.05, 4.69) is 16.4 Å². The molecule has 0 spiro atoms. The van der Waals surface area contributed by atoms with Gasteiger partial charge in [0.25, 0.3) is 15.9 Å². The Hall–Kier alpha value is -3.17. The number of ether oxygens (including phenoxy) is 1. The summed E-state index contributed by atoms with van der Waals surface area (Å²) >= 11 is 1.35. The van der Waals surface area contributed by atoms with Gasteiger partial charge in [-0.15, -0.1) is 0 Å². The lowest BCUT2D eigenvalue weighted by Gasteiger charge is -2.23. The van der Waals surface area contributed by atoms with Crippen molar-refractivity contribution in [1.29, 1.82) is 0 Å². The number of carbonyl (C=O) groups is 1. The second kappa shape index (κ2) is 8.07. The van der Waals surface area contributed by atoms with Crippen LogP contribution in [0, 0.1) is 0 Å². The molecule has 0 atom stereocenters. The predicted octanol–water partition coefficient (Wildman–Crippen LogP) is 4.56. The van der Waals surface area contributed by atoms with E-state index >= 15 is 0 Å². The first-order chi connectivity index (χ1) is 15.5. The summed E-state index contributed by atoms with van der Waals surface area (Å²) in [6.45, 7) is 0.460. The molecule has 5 rings (SSSR count). The molecule has 1 aliphatic heterocycles. The Morgan fingerprint density at radius 2 is 1.97 bits per heavy atom. The largest absolute Gasteiger partial charge is 0.497 e. The summed E-state index contributed by atoms with van der Waals surface area (Å²) in [7, 11) is -2.05. The summed E-state index contributed by atoms with van der Waals surface area (Å²) in [6.07, 6.45) is 6.44. The Balaban J connectivity index is 1.34. The molecule has 7 nitrogen and oxygen atoms in total. The summed E-state index contributed by atoms with van der Waals surface area (Å²) in [5.74, 6) is 0.379. The van der Waals surface area contributed by atoms with E-state index in [1.54, 1.807) is 7.11 Å². The van der Waals surface area contributed by atoms with Gasteiger partial charge in [0.2, 0.25) is 0 Å². The number of hydrogen-bond acceptors (Lipinski definition) is 6. The minimum Gasteiger partial charge on any atom is -0.497 e. The second-order valence-corrected chi connectivity index (χ2v) is 10.5.